The Morgan fingerprint density at radius 2 is 2.12 bits per heavy atom. The Morgan fingerprint density at radius 3 is 2.84 bits per heavy atom. The molecule has 178 valence electrons. The summed E-state index contributed by atoms with van der Waals surface area (Å²) in [6.07, 6.45) is 4.41. The summed E-state index contributed by atoms with van der Waals surface area (Å²) in [4.78, 5) is 8.91. The summed E-state index contributed by atoms with van der Waals surface area (Å²) < 4.78 is 14.6. The molecule has 0 aliphatic carbocycles. The Hall–Kier alpha value is -1.78. The van der Waals surface area contributed by atoms with Gasteiger partial charge in [-0.05, 0) is 72.4 Å². The van der Waals surface area contributed by atoms with Crippen LogP contribution in [0.5, 0.6) is 0 Å². The van der Waals surface area contributed by atoms with Crippen molar-refractivity contribution in [3.63, 3.8) is 0 Å². The molecule has 0 radical (unpaired) electrons. The number of rotatable bonds is 8. The fourth-order valence-electron chi connectivity index (χ4n) is 5.12. The molecule has 0 amide bonds. The lowest BCUT2D eigenvalue weighted by Crippen LogP contribution is -2.41. The van der Waals surface area contributed by atoms with Gasteiger partial charge < -0.3 is 25.2 Å². The van der Waals surface area contributed by atoms with Crippen LogP contribution in [0.25, 0.3) is 5.52 Å². The summed E-state index contributed by atoms with van der Waals surface area (Å²) >= 11 is 0. The predicted octanol–water partition coefficient (Wildman–Crippen LogP) is 1.92. The van der Waals surface area contributed by atoms with E-state index < -0.39 is 5.79 Å². The first-order chi connectivity index (χ1) is 15.1. The maximum atomic E-state index is 10.5. The number of aliphatic hydroxyl groups is 1. The Kier molecular flexibility index (Phi) is 6.74. The van der Waals surface area contributed by atoms with Crippen LogP contribution in [0, 0.1) is 5.92 Å². The fraction of sp³-hybridized carbons (Fsp3) is 0.739. The van der Waals surface area contributed by atoms with E-state index in [1.165, 1.54) is 25.6 Å². The number of aromatic nitrogens is 3. The quantitative estimate of drug-likeness (QED) is 0.593. The van der Waals surface area contributed by atoms with Crippen LogP contribution < -0.4 is 5.73 Å². The molecule has 0 spiro atoms. The largest absolute Gasteiger partial charge is 0.382 e. The summed E-state index contributed by atoms with van der Waals surface area (Å²) in [5.41, 5.74) is 7.65. The van der Waals surface area contributed by atoms with Gasteiger partial charge in [-0.1, -0.05) is 6.92 Å². The topological polar surface area (TPSA) is 101 Å². The normalized spacial score (nSPS) is 29.5. The molecule has 2 fully saturated rings. The predicted molar refractivity (Wildman–Crippen MR) is 123 cm³/mol. The molecule has 2 saturated heterocycles. The van der Waals surface area contributed by atoms with Crippen LogP contribution in [-0.4, -0.2) is 87.3 Å². The van der Waals surface area contributed by atoms with Crippen molar-refractivity contribution in [3.05, 3.63) is 24.2 Å². The first kappa shape index (κ1) is 23.4. The van der Waals surface area contributed by atoms with Crippen LogP contribution >= 0.6 is 0 Å². The van der Waals surface area contributed by atoms with E-state index in [0.717, 1.165) is 30.8 Å². The molecule has 4 rings (SSSR count). The van der Waals surface area contributed by atoms with Gasteiger partial charge >= 0.3 is 0 Å². The third-order valence-electron chi connectivity index (χ3n) is 6.77. The van der Waals surface area contributed by atoms with Gasteiger partial charge in [-0.25, -0.2) is 9.50 Å². The van der Waals surface area contributed by atoms with E-state index in [2.05, 4.69) is 40.9 Å². The second-order valence-corrected chi connectivity index (χ2v) is 10.1. The molecular formula is C23H38N6O3. The van der Waals surface area contributed by atoms with Crippen LogP contribution in [0.1, 0.15) is 51.8 Å². The van der Waals surface area contributed by atoms with E-state index in [4.69, 9.17) is 15.2 Å². The molecule has 2 aliphatic heterocycles. The average molecular weight is 447 g/mol. The third-order valence-corrected chi connectivity index (χ3v) is 6.77. The molecule has 5 atom stereocenters. The first-order valence-corrected chi connectivity index (χ1v) is 11.7. The van der Waals surface area contributed by atoms with E-state index >= 15 is 0 Å². The van der Waals surface area contributed by atoms with E-state index in [0.29, 0.717) is 11.9 Å². The van der Waals surface area contributed by atoms with Crippen molar-refractivity contribution in [1.29, 1.82) is 0 Å². The van der Waals surface area contributed by atoms with Gasteiger partial charge in [-0.3, -0.25) is 4.90 Å². The molecule has 0 saturated carbocycles. The Labute approximate surface area is 190 Å². The maximum Gasteiger partial charge on any atom is 0.160 e. The minimum Gasteiger partial charge on any atom is -0.382 e. The number of ether oxygens (including phenoxy) is 2. The van der Waals surface area contributed by atoms with Crippen molar-refractivity contribution in [2.45, 2.75) is 70.2 Å². The molecular weight excluding hydrogens is 408 g/mol. The van der Waals surface area contributed by atoms with Crippen LogP contribution in [0.4, 0.5) is 5.82 Å². The van der Waals surface area contributed by atoms with Gasteiger partial charge in [0.25, 0.3) is 0 Å². The Balaban J connectivity index is 1.57. The van der Waals surface area contributed by atoms with Gasteiger partial charge in [0.05, 0.1) is 17.9 Å². The van der Waals surface area contributed by atoms with Crippen LogP contribution in [0.15, 0.2) is 18.5 Å². The molecule has 9 nitrogen and oxygen atoms in total. The zero-order valence-corrected chi connectivity index (χ0v) is 19.9. The molecule has 0 bridgehead atoms. The van der Waals surface area contributed by atoms with Gasteiger partial charge in [-0.2, -0.15) is 5.10 Å². The highest BCUT2D eigenvalue weighted by atomic mass is 16.6. The highest BCUT2D eigenvalue weighted by Gasteiger charge is 2.47. The third kappa shape index (κ3) is 4.92. The molecule has 2 aromatic heterocycles. The minimum atomic E-state index is -1.27. The summed E-state index contributed by atoms with van der Waals surface area (Å²) in [5, 5.41) is 14.9. The van der Waals surface area contributed by atoms with E-state index in [9.17, 15) is 5.11 Å². The van der Waals surface area contributed by atoms with Crippen LogP contribution in [0.3, 0.4) is 0 Å². The molecule has 9 heteroatoms. The zero-order valence-electron chi connectivity index (χ0n) is 19.9. The Morgan fingerprint density at radius 1 is 1.34 bits per heavy atom. The number of anilines is 1. The summed E-state index contributed by atoms with van der Waals surface area (Å²) in [6, 6.07) is 4.46. The number of hydrogen-bond acceptors (Lipinski definition) is 8. The maximum absolute atomic E-state index is 10.5. The van der Waals surface area contributed by atoms with E-state index in [-0.39, 0.29) is 24.2 Å². The number of hydrogen-bond donors (Lipinski definition) is 2. The second kappa shape index (κ2) is 9.23. The molecule has 0 unspecified atom stereocenters. The fourth-order valence-corrected chi connectivity index (χ4v) is 5.12. The molecule has 3 N–H and O–H groups in total. The minimum absolute atomic E-state index is 0.00274. The summed E-state index contributed by atoms with van der Waals surface area (Å²) in [6.45, 7) is 8.54. The first-order valence-electron chi connectivity index (χ1n) is 11.7. The van der Waals surface area contributed by atoms with E-state index in [1.807, 2.05) is 12.1 Å². The van der Waals surface area contributed by atoms with Crippen molar-refractivity contribution in [2.24, 2.45) is 5.92 Å². The molecule has 4 heterocycles. The summed E-state index contributed by atoms with van der Waals surface area (Å²) in [5.74, 6) is -0.737. The number of likely N-dealkylation sites (tertiary alicyclic amines) is 1. The van der Waals surface area contributed by atoms with Gasteiger partial charge in [0, 0.05) is 18.5 Å². The molecule has 2 aliphatic rings. The molecule has 2 aromatic rings. The standard InChI is InChI=1S/C23H38N6O3/c1-15-19(13-28-11-6-7-16(28)10-12-27(4)5)31-21(20(15)32-23(2,3)30)17-8-9-18-22(24)25-14-26-29(17)18/h8-9,14-16,19-21,30H,6-7,10-13H2,1-5H3,(H2,24,25,26)/t15-,16+,19-,20-,21+/m1/s1. The van der Waals surface area contributed by atoms with Crippen molar-refractivity contribution < 1.29 is 14.6 Å². The van der Waals surface area contributed by atoms with Crippen LogP contribution in [0.2, 0.25) is 0 Å². The van der Waals surface area contributed by atoms with Gasteiger partial charge in [0.1, 0.15) is 17.9 Å². The van der Waals surface area contributed by atoms with Crippen molar-refractivity contribution in [1.82, 2.24) is 24.4 Å². The van der Waals surface area contributed by atoms with E-state index in [1.54, 1.807) is 18.4 Å². The lowest BCUT2D eigenvalue weighted by Gasteiger charge is -2.30. The highest BCUT2D eigenvalue weighted by Crippen LogP contribution is 2.42. The van der Waals surface area contributed by atoms with Crippen molar-refractivity contribution in [2.75, 3.05) is 39.5 Å². The lowest BCUT2D eigenvalue weighted by atomic mass is 9.96. The van der Waals surface area contributed by atoms with Crippen LogP contribution in [-0.2, 0) is 9.47 Å². The zero-order chi connectivity index (χ0) is 23.0. The van der Waals surface area contributed by atoms with Gasteiger partial charge in [0.15, 0.2) is 11.6 Å². The smallest absolute Gasteiger partial charge is 0.160 e. The van der Waals surface area contributed by atoms with Crippen molar-refractivity contribution in [3.8, 4) is 0 Å². The monoisotopic (exact) mass is 446 g/mol. The lowest BCUT2D eigenvalue weighted by molar-refractivity contribution is -0.221. The average Bonchev–Trinajstić information content (AvgIpc) is 3.40. The Bertz CT molecular complexity index is 911. The number of fused-ring (bicyclic) bond motifs is 1. The number of nitrogen functional groups attached to an aromatic ring is 1. The van der Waals surface area contributed by atoms with Gasteiger partial charge in [0.2, 0.25) is 0 Å². The summed E-state index contributed by atoms with van der Waals surface area (Å²) in [7, 11) is 4.26. The highest BCUT2D eigenvalue weighted by molar-refractivity contribution is 5.65. The molecule has 0 aromatic carbocycles. The number of nitrogens with zero attached hydrogens (tertiary/aromatic N) is 5. The molecule has 32 heavy (non-hydrogen) atoms. The second-order valence-electron chi connectivity index (χ2n) is 10.1. The van der Waals surface area contributed by atoms with Crippen molar-refractivity contribution >= 4 is 11.3 Å². The van der Waals surface area contributed by atoms with Gasteiger partial charge in [-0.15, -0.1) is 0 Å². The number of nitrogens with two attached hydrogens (primary N) is 1. The SMILES string of the molecule is C[C@H]1[C@@H](OC(C)(C)O)[C@H](c2ccc3c(N)ncnn23)O[C@@H]1CN1CCC[C@H]1CCN(C)C.